The van der Waals surface area contributed by atoms with Gasteiger partial charge in [0.15, 0.2) is 6.10 Å². The highest BCUT2D eigenvalue weighted by atomic mass is 28.4. The second-order valence-corrected chi connectivity index (χ2v) is 39.4. The summed E-state index contributed by atoms with van der Waals surface area (Å²) in [6.45, 7) is 30.7. The molecule has 9 unspecified atom stereocenters. The molecule has 16 rings (SSSR count). The van der Waals surface area contributed by atoms with E-state index in [9.17, 15) is 9.90 Å². The smallest absolute Gasteiger partial charge is 0.501 e. The number of alkyl carbamates (subject to hydrolysis) is 1. The van der Waals surface area contributed by atoms with Crippen LogP contribution >= 0.6 is 0 Å². The van der Waals surface area contributed by atoms with Gasteiger partial charge in [0.1, 0.15) is 167 Å². The van der Waals surface area contributed by atoms with Crippen LogP contribution < -0.4 is 47.9 Å². The molecule has 0 spiro atoms. The van der Waals surface area contributed by atoms with E-state index in [-0.39, 0.29) is 88.3 Å². The molecule has 758 valence electrons. The van der Waals surface area contributed by atoms with Crippen LogP contribution in [0.2, 0.25) is 12.1 Å². The lowest BCUT2D eigenvalue weighted by Gasteiger charge is -2.28. The maximum Gasteiger partial charge on any atom is 0.501 e. The molecule has 7 saturated heterocycles. The number of aliphatic hydroxyl groups is 1. The Morgan fingerprint density at radius 3 is 0.771 bits per heavy atom. The van der Waals surface area contributed by atoms with Gasteiger partial charge in [0.25, 0.3) is 6.26 Å². The van der Waals surface area contributed by atoms with E-state index in [0.717, 1.165) is 120 Å². The van der Waals surface area contributed by atoms with Crippen LogP contribution in [0.1, 0.15) is 137 Å². The predicted octanol–water partition coefficient (Wildman–Crippen LogP) is 16.8. The summed E-state index contributed by atoms with van der Waals surface area (Å²) in [6, 6.07) is 75.2. The minimum atomic E-state index is -2.78. The number of nitrogens with zero attached hydrogens (tertiary/aromatic N) is 1. The third kappa shape index (κ3) is 37.8. The SMILES string of the molecule is CCOCC(COc1ccc(C(c2ccc(OCC3CO3)cc2)c2ccc(OCC3CO3)cc2)cc1)OC(=O)NCCC[Si](OCC)(OCC)OCC.CCOCC(O)COc1ccc(C(c2ccc(OCC3CO3)cc2)c2ccc(OCC3CO3)cc2)cc1.CCO[Si](CCCOC#N)(OCC)OCC.[H-].c1cc(C(c2ccc(OCC3CO3)cc2)c2ccc(OCC3CO3)cc2)ccc1OCC1CO1. The number of amides is 1. The van der Waals surface area contributed by atoms with Crippen molar-refractivity contribution < 1.29 is 133 Å². The first-order chi connectivity index (χ1) is 68.6. The molecule has 0 saturated carbocycles. The molecule has 140 heavy (non-hydrogen) atoms. The fourth-order valence-electron chi connectivity index (χ4n) is 15.2. The second kappa shape index (κ2) is 57.6. The number of nitriles is 1. The first-order valence-electron chi connectivity index (χ1n) is 49.1. The zero-order valence-corrected chi connectivity index (χ0v) is 83.8. The molecule has 7 aliphatic heterocycles. The second-order valence-electron chi connectivity index (χ2n) is 33.9. The Balaban J connectivity index is 0.000000178. The minimum Gasteiger partial charge on any atom is -1.00 e. The number of carbonyl (C=O) groups excluding carboxylic acids is 1. The van der Waals surface area contributed by atoms with Gasteiger partial charge in [-0.25, -0.2) is 4.79 Å². The van der Waals surface area contributed by atoms with E-state index in [2.05, 4.69) is 119 Å². The van der Waals surface area contributed by atoms with Crippen molar-refractivity contribution in [1.82, 2.24) is 5.32 Å². The maximum atomic E-state index is 12.7. The van der Waals surface area contributed by atoms with Gasteiger partial charge in [-0.1, -0.05) is 109 Å². The van der Waals surface area contributed by atoms with E-state index in [1.54, 1.807) is 6.26 Å². The Hall–Kier alpha value is -10.5. The number of benzene rings is 9. The van der Waals surface area contributed by atoms with Crippen molar-refractivity contribution in [2.45, 2.75) is 153 Å². The van der Waals surface area contributed by atoms with E-state index in [0.29, 0.717) is 149 Å². The van der Waals surface area contributed by atoms with Crippen LogP contribution in [0.3, 0.4) is 0 Å². The van der Waals surface area contributed by atoms with Crippen LogP contribution in [-0.2, 0) is 78.7 Å². The van der Waals surface area contributed by atoms with Crippen LogP contribution in [-0.4, -0.2) is 269 Å². The van der Waals surface area contributed by atoms with Gasteiger partial charge >= 0.3 is 23.7 Å². The minimum absolute atomic E-state index is 0. The average Bonchev–Trinajstić information content (AvgIpc) is 1.62. The highest BCUT2D eigenvalue weighted by Gasteiger charge is 2.42. The highest BCUT2D eigenvalue weighted by Crippen LogP contribution is 2.40. The predicted molar refractivity (Wildman–Crippen MR) is 529 cm³/mol. The Bertz CT molecular complexity index is 4720. The van der Waals surface area contributed by atoms with Gasteiger partial charge in [-0.2, -0.15) is 5.26 Å². The van der Waals surface area contributed by atoms with Crippen molar-refractivity contribution in [3.05, 3.63) is 268 Å². The molecule has 32 heteroatoms. The lowest BCUT2D eigenvalue weighted by molar-refractivity contribution is 0.00162. The van der Waals surface area contributed by atoms with Gasteiger partial charge in [0.2, 0.25) is 0 Å². The fourth-order valence-corrected chi connectivity index (χ4v) is 20.4. The molecular formula is C108H139N2O28Si2-. The number of aliphatic hydroxyl groups excluding tert-OH is 1. The van der Waals surface area contributed by atoms with E-state index in [1.807, 2.05) is 165 Å². The van der Waals surface area contributed by atoms with Gasteiger partial charge in [-0.05, 0) is 227 Å². The first kappa shape index (κ1) is 107. The molecule has 7 heterocycles. The fraction of sp³-hybridized carbons (Fsp3) is 0.481. The number of epoxide rings is 7. The summed E-state index contributed by atoms with van der Waals surface area (Å²) in [5, 5.41) is 21.1. The highest BCUT2D eigenvalue weighted by molar-refractivity contribution is 6.61. The van der Waals surface area contributed by atoms with Crippen molar-refractivity contribution in [3.8, 4) is 58.0 Å². The molecule has 0 radical (unpaired) electrons. The van der Waals surface area contributed by atoms with Gasteiger partial charge in [0, 0.05) is 89.2 Å². The number of ether oxygens (including phenoxy) is 20. The molecule has 9 aromatic rings. The Kier molecular flexibility index (Phi) is 43.9. The van der Waals surface area contributed by atoms with Crippen molar-refractivity contribution in [3.63, 3.8) is 0 Å². The lowest BCUT2D eigenvalue weighted by atomic mass is 9.85. The van der Waals surface area contributed by atoms with Crippen LogP contribution in [0.5, 0.6) is 51.7 Å². The Morgan fingerprint density at radius 1 is 0.329 bits per heavy atom. The van der Waals surface area contributed by atoms with Crippen molar-refractivity contribution >= 4 is 23.7 Å². The number of hydrogen-bond donors (Lipinski definition) is 2. The van der Waals surface area contributed by atoms with E-state index in [1.165, 1.54) is 16.7 Å². The van der Waals surface area contributed by atoms with E-state index in [4.69, 9.17) is 122 Å². The molecule has 0 bridgehead atoms. The molecule has 7 fully saturated rings. The maximum absolute atomic E-state index is 12.7. The zero-order valence-electron chi connectivity index (χ0n) is 82.8. The number of nitrogens with one attached hydrogen (secondary N) is 1. The quantitative estimate of drug-likeness (QED) is 0.0118. The molecule has 7 aliphatic rings. The van der Waals surface area contributed by atoms with E-state index < -0.39 is 35.9 Å². The van der Waals surface area contributed by atoms with Crippen LogP contribution in [0.15, 0.2) is 218 Å². The third-order valence-electron chi connectivity index (χ3n) is 22.9. The molecule has 0 aliphatic carbocycles. The summed E-state index contributed by atoms with van der Waals surface area (Å²) in [7, 11) is -5.32. The van der Waals surface area contributed by atoms with Gasteiger partial charge < -0.3 is 133 Å². The Labute approximate surface area is 826 Å². The normalized spacial score (nSPS) is 18.7. The molecule has 2 N–H and O–H groups in total. The molecule has 9 aromatic carbocycles. The topological polar surface area (TPSA) is 336 Å². The lowest BCUT2D eigenvalue weighted by Crippen LogP contribution is -2.46. The monoisotopic (exact) mass is 1970 g/mol. The van der Waals surface area contributed by atoms with Crippen molar-refractivity contribution in [2.75, 3.05) is 185 Å². The van der Waals surface area contributed by atoms with E-state index >= 15 is 0 Å². The number of rotatable bonds is 63. The molecule has 0 aromatic heterocycles. The van der Waals surface area contributed by atoms with Crippen LogP contribution in [0.4, 0.5) is 4.79 Å². The summed E-state index contributed by atoms with van der Waals surface area (Å²) < 4.78 is 145. The summed E-state index contributed by atoms with van der Waals surface area (Å²) >= 11 is 0. The summed E-state index contributed by atoms with van der Waals surface area (Å²) in [5.74, 6) is 7.24. The van der Waals surface area contributed by atoms with Crippen LogP contribution in [0.25, 0.3) is 0 Å². The van der Waals surface area contributed by atoms with Gasteiger partial charge in [0.05, 0.1) is 59.5 Å². The molecule has 30 nitrogen and oxygen atoms in total. The third-order valence-corrected chi connectivity index (χ3v) is 29.2. The summed E-state index contributed by atoms with van der Waals surface area (Å²) in [5.41, 5.74) is 10.3. The molecule has 9 atom stereocenters. The standard InChI is InChI=1S/C40H55NO11Si.C30H34O7.C28H28O6.C10H21NO4Si.H/c1-5-43-24-38(52-40(42)41-22-9-23-53(49-6-2,50-7-3)51-8-4)29-46-35-20-14-32(15-21-35)39(30-10-16-33(17-11-30)44-25-36-27-47-36)31-12-18-34(19-13-31)45-26-37-28-48-37;1-2-32-15-24(31)16-33-25-9-3-21(4-10-25)30(22-5-11-26(12-6-22)34-17-28-19-36-28)23-7-13-27(14-8-23)35-18-29-20-37-29;1-7-22(29-13-25-16-32-25)8-2-19(1)28(20-3-9-23(10-4-20)30-14-26-17-33-26)21-5-11-24(12-6-21)31-15-27-18-34-27;1-4-13-16(14-5-2,15-6-3)9-7-8-12-10-11;/h10-21,36-39H,5-9,22-29H2,1-4H3,(H,41,42);3-14,24,28-31H,2,15-20H2,1H3;1-12,25-28H,13-18H2;4-9H2,1-3H3;/q;;;;-1. The first-order valence-corrected chi connectivity index (χ1v) is 53.0. The summed E-state index contributed by atoms with van der Waals surface area (Å²) in [4.78, 5) is 12.7. The average molecular weight is 1970 g/mol. The van der Waals surface area contributed by atoms with Crippen molar-refractivity contribution in [1.29, 1.82) is 5.26 Å². The largest absolute Gasteiger partial charge is 1.00 e. The van der Waals surface area contributed by atoms with Crippen LogP contribution in [0, 0.1) is 11.5 Å². The van der Waals surface area contributed by atoms with Gasteiger partial charge in [-0.15, -0.1) is 0 Å². The van der Waals surface area contributed by atoms with Gasteiger partial charge in [-0.3, -0.25) is 0 Å². The summed E-state index contributed by atoms with van der Waals surface area (Å²) in [6.07, 6.45) is 2.73. The van der Waals surface area contributed by atoms with Crippen molar-refractivity contribution in [2.24, 2.45) is 0 Å². The molecular weight excluding hydrogens is 1830 g/mol. The zero-order chi connectivity index (χ0) is 97.8. The molecule has 1 amide bonds. The Morgan fingerprint density at radius 2 is 0.550 bits per heavy atom. The number of hydrogen-bond acceptors (Lipinski definition) is 29. The number of carbonyl (C=O) groups is 1.